The third-order valence-corrected chi connectivity index (χ3v) is 3.72. The zero-order valence-corrected chi connectivity index (χ0v) is 12.7. The lowest BCUT2D eigenvalue weighted by atomic mass is 10.0. The molecule has 0 aromatic rings. The van der Waals surface area contributed by atoms with Crippen molar-refractivity contribution in [2.75, 3.05) is 26.8 Å². The fourth-order valence-electron chi connectivity index (χ4n) is 2.94. The molecule has 21 heavy (non-hydrogen) atoms. The van der Waals surface area contributed by atoms with E-state index in [2.05, 4.69) is 0 Å². The van der Waals surface area contributed by atoms with Crippen LogP contribution in [0.15, 0.2) is 0 Å². The molecular weight excluding hydrogens is 278 g/mol. The first-order valence-corrected chi connectivity index (χ1v) is 7.16. The number of carbonyl (C=O) groups is 2. The largest absolute Gasteiger partial charge is 0.479 e. The molecule has 1 unspecified atom stereocenters. The molecule has 7 nitrogen and oxygen atoms in total. The first-order valence-electron chi connectivity index (χ1n) is 7.16. The molecular formula is C14H23NO6. The minimum Gasteiger partial charge on any atom is -0.479 e. The zero-order chi connectivity index (χ0) is 15.6. The second-order valence-electron chi connectivity index (χ2n) is 6.20. The number of methoxy groups -OCH3 is 1. The number of hydrogen-bond acceptors (Lipinski definition) is 5. The Hall–Kier alpha value is -1.18. The van der Waals surface area contributed by atoms with Gasteiger partial charge in [0.2, 0.25) is 0 Å². The van der Waals surface area contributed by atoms with Gasteiger partial charge in [0, 0.05) is 20.2 Å². The average molecular weight is 301 g/mol. The summed E-state index contributed by atoms with van der Waals surface area (Å²) in [5.74, 6) is -1.17. The fraction of sp³-hybridized carbons (Fsp3) is 0.857. The summed E-state index contributed by atoms with van der Waals surface area (Å²) < 4.78 is 16.3. The maximum absolute atomic E-state index is 12.5. The third-order valence-electron chi connectivity index (χ3n) is 3.72. The Morgan fingerprint density at radius 2 is 2.00 bits per heavy atom. The van der Waals surface area contributed by atoms with E-state index in [4.69, 9.17) is 19.3 Å². The molecule has 0 radical (unpaired) electrons. The van der Waals surface area contributed by atoms with E-state index in [-0.39, 0.29) is 12.0 Å². The van der Waals surface area contributed by atoms with E-state index in [0.29, 0.717) is 32.5 Å². The van der Waals surface area contributed by atoms with Crippen LogP contribution >= 0.6 is 0 Å². The molecule has 2 rings (SSSR count). The molecule has 0 saturated carbocycles. The maximum Gasteiger partial charge on any atom is 0.332 e. The monoisotopic (exact) mass is 301 g/mol. The molecule has 0 aromatic carbocycles. The second kappa shape index (κ2) is 6.29. The normalized spacial score (nSPS) is 32.1. The van der Waals surface area contributed by atoms with Gasteiger partial charge in [-0.15, -0.1) is 0 Å². The summed E-state index contributed by atoms with van der Waals surface area (Å²) in [5, 5.41) is 8.93. The van der Waals surface area contributed by atoms with Crippen LogP contribution in [0.3, 0.4) is 0 Å². The molecule has 120 valence electrons. The molecule has 1 amide bonds. The van der Waals surface area contributed by atoms with Gasteiger partial charge in [0.05, 0.1) is 18.3 Å². The Balaban J connectivity index is 1.99. The Morgan fingerprint density at radius 3 is 2.57 bits per heavy atom. The standard InChI is InChI=1S/C14H23NO6/c1-14(2)8-15(6-9(21-14)7-19-3)12(16)10-4-5-11(20-10)13(17)18/h9-11H,4-8H2,1-3H3,(H,17,18)/t9?,10-,11+/m0/s1. The number of carboxylic acid groups (broad SMARTS) is 1. The Kier molecular flexibility index (Phi) is 4.85. The molecule has 2 aliphatic rings. The van der Waals surface area contributed by atoms with Crippen molar-refractivity contribution in [3.8, 4) is 0 Å². The number of hydrogen-bond donors (Lipinski definition) is 1. The summed E-state index contributed by atoms with van der Waals surface area (Å²) in [6, 6.07) is 0. The summed E-state index contributed by atoms with van der Waals surface area (Å²) in [5.41, 5.74) is -0.456. The number of morpholine rings is 1. The first-order chi connectivity index (χ1) is 9.82. The average Bonchev–Trinajstić information content (AvgIpc) is 2.86. The molecule has 3 atom stereocenters. The van der Waals surface area contributed by atoms with E-state index < -0.39 is 23.8 Å². The van der Waals surface area contributed by atoms with Crippen LogP contribution in [-0.4, -0.2) is 72.6 Å². The van der Waals surface area contributed by atoms with Gasteiger partial charge in [-0.25, -0.2) is 4.79 Å². The Labute approximate surface area is 124 Å². The van der Waals surface area contributed by atoms with Gasteiger partial charge < -0.3 is 24.2 Å². The molecule has 2 fully saturated rings. The lowest BCUT2D eigenvalue weighted by Crippen LogP contribution is -2.57. The highest BCUT2D eigenvalue weighted by molar-refractivity contribution is 5.83. The van der Waals surface area contributed by atoms with Crippen molar-refractivity contribution in [2.45, 2.75) is 50.6 Å². The van der Waals surface area contributed by atoms with Gasteiger partial charge in [-0.3, -0.25) is 4.79 Å². The quantitative estimate of drug-likeness (QED) is 0.802. The smallest absolute Gasteiger partial charge is 0.332 e. The van der Waals surface area contributed by atoms with Gasteiger partial charge in [-0.1, -0.05) is 0 Å². The van der Waals surface area contributed by atoms with Crippen LogP contribution in [0.25, 0.3) is 0 Å². The molecule has 7 heteroatoms. The summed E-state index contributed by atoms with van der Waals surface area (Å²) in [6.07, 6.45) is -0.894. The summed E-state index contributed by atoms with van der Waals surface area (Å²) in [6.45, 7) is 5.16. The van der Waals surface area contributed by atoms with Crippen LogP contribution in [0.1, 0.15) is 26.7 Å². The van der Waals surface area contributed by atoms with Crippen molar-refractivity contribution in [3.05, 3.63) is 0 Å². The number of carbonyl (C=O) groups excluding carboxylic acids is 1. The predicted octanol–water partition coefficient (Wildman–Crippen LogP) is 0.271. The topological polar surface area (TPSA) is 85.3 Å². The highest BCUT2D eigenvalue weighted by atomic mass is 16.5. The molecule has 0 bridgehead atoms. The van der Waals surface area contributed by atoms with Gasteiger partial charge in [0.1, 0.15) is 6.10 Å². The molecule has 2 saturated heterocycles. The van der Waals surface area contributed by atoms with E-state index in [9.17, 15) is 9.59 Å². The van der Waals surface area contributed by atoms with Gasteiger partial charge in [-0.2, -0.15) is 0 Å². The number of nitrogens with zero attached hydrogens (tertiary/aromatic N) is 1. The van der Waals surface area contributed by atoms with Crippen LogP contribution in [0, 0.1) is 0 Å². The van der Waals surface area contributed by atoms with E-state index in [0.717, 1.165) is 0 Å². The van der Waals surface area contributed by atoms with Crippen molar-refractivity contribution in [1.82, 2.24) is 4.90 Å². The summed E-state index contributed by atoms with van der Waals surface area (Å²) >= 11 is 0. The van der Waals surface area contributed by atoms with Crippen LogP contribution in [0.5, 0.6) is 0 Å². The molecule has 0 spiro atoms. The first kappa shape index (κ1) is 16.2. The van der Waals surface area contributed by atoms with Crippen molar-refractivity contribution in [2.24, 2.45) is 0 Å². The minimum atomic E-state index is -1.01. The Morgan fingerprint density at radius 1 is 1.33 bits per heavy atom. The van der Waals surface area contributed by atoms with Crippen LogP contribution in [-0.2, 0) is 23.8 Å². The summed E-state index contributed by atoms with van der Waals surface area (Å²) in [4.78, 5) is 25.1. The lowest BCUT2D eigenvalue weighted by molar-refractivity contribution is -0.177. The number of rotatable bonds is 4. The van der Waals surface area contributed by atoms with Crippen molar-refractivity contribution < 1.29 is 28.9 Å². The molecule has 0 aromatic heterocycles. The SMILES string of the molecule is COCC1CN(C(=O)[C@@H]2CC[C@H](C(=O)O)O2)CC(C)(C)O1. The van der Waals surface area contributed by atoms with Gasteiger partial charge >= 0.3 is 5.97 Å². The van der Waals surface area contributed by atoms with E-state index in [1.165, 1.54) is 0 Å². The van der Waals surface area contributed by atoms with Crippen LogP contribution in [0.4, 0.5) is 0 Å². The van der Waals surface area contributed by atoms with Crippen molar-refractivity contribution in [3.63, 3.8) is 0 Å². The molecule has 1 N–H and O–H groups in total. The van der Waals surface area contributed by atoms with Crippen molar-refractivity contribution in [1.29, 1.82) is 0 Å². The highest BCUT2D eigenvalue weighted by Gasteiger charge is 2.41. The van der Waals surface area contributed by atoms with Crippen molar-refractivity contribution >= 4 is 11.9 Å². The van der Waals surface area contributed by atoms with Crippen LogP contribution < -0.4 is 0 Å². The second-order valence-corrected chi connectivity index (χ2v) is 6.20. The maximum atomic E-state index is 12.5. The van der Waals surface area contributed by atoms with Gasteiger partial charge in [0.25, 0.3) is 5.91 Å². The number of ether oxygens (including phenoxy) is 3. The van der Waals surface area contributed by atoms with Crippen LogP contribution in [0.2, 0.25) is 0 Å². The molecule has 0 aliphatic carbocycles. The summed E-state index contributed by atoms with van der Waals surface area (Å²) in [7, 11) is 1.59. The molecule has 2 aliphatic heterocycles. The van der Waals surface area contributed by atoms with E-state index in [1.54, 1.807) is 12.0 Å². The fourth-order valence-corrected chi connectivity index (χ4v) is 2.94. The predicted molar refractivity (Wildman–Crippen MR) is 72.9 cm³/mol. The van der Waals surface area contributed by atoms with E-state index >= 15 is 0 Å². The van der Waals surface area contributed by atoms with Gasteiger partial charge in [-0.05, 0) is 26.7 Å². The minimum absolute atomic E-state index is 0.156. The number of carboxylic acids is 1. The van der Waals surface area contributed by atoms with Gasteiger partial charge in [0.15, 0.2) is 6.10 Å². The number of amides is 1. The number of aliphatic carboxylic acids is 1. The molecule has 2 heterocycles. The lowest BCUT2D eigenvalue weighted by Gasteiger charge is -2.43. The van der Waals surface area contributed by atoms with E-state index in [1.807, 2.05) is 13.8 Å². The third kappa shape index (κ3) is 3.93. The Bertz CT molecular complexity index is 410. The zero-order valence-electron chi connectivity index (χ0n) is 12.7. The highest BCUT2D eigenvalue weighted by Crippen LogP contribution is 2.26.